The van der Waals surface area contributed by atoms with Gasteiger partial charge in [0.2, 0.25) is 5.91 Å². The topological polar surface area (TPSA) is 51.9 Å². The molecule has 1 aromatic carbocycles. The number of rotatable bonds is 6. The van der Waals surface area contributed by atoms with Gasteiger partial charge in [-0.2, -0.15) is 0 Å². The number of para-hydroxylation sites is 1. The smallest absolute Gasteiger partial charge is 0.224 e. The van der Waals surface area contributed by atoms with E-state index in [2.05, 4.69) is 27.0 Å². The van der Waals surface area contributed by atoms with Crippen molar-refractivity contribution >= 4 is 16.8 Å². The molecule has 0 atom stereocenters. The number of carbonyl (C=O) groups excluding carboxylic acids is 1. The minimum absolute atomic E-state index is 0.0713. The monoisotopic (exact) mass is 296 g/mol. The van der Waals surface area contributed by atoms with E-state index < -0.39 is 0 Å². The van der Waals surface area contributed by atoms with Crippen molar-refractivity contribution in [3.63, 3.8) is 0 Å². The van der Waals surface area contributed by atoms with Crippen LogP contribution in [-0.4, -0.2) is 26.6 Å². The molecule has 0 fully saturated rings. The number of benzene rings is 1. The Labute approximate surface area is 129 Å². The Morgan fingerprint density at radius 1 is 1.32 bits per heavy atom. The first kappa shape index (κ1) is 14.4. The Kier molecular flexibility index (Phi) is 4.23. The molecule has 0 saturated heterocycles. The van der Waals surface area contributed by atoms with E-state index in [0.29, 0.717) is 13.0 Å². The first-order chi connectivity index (χ1) is 10.7. The Morgan fingerprint density at radius 3 is 3.00 bits per heavy atom. The van der Waals surface area contributed by atoms with Gasteiger partial charge in [0.05, 0.1) is 12.7 Å². The molecule has 114 valence electrons. The molecular formula is C17H20N4O. The summed E-state index contributed by atoms with van der Waals surface area (Å²) < 4.78 is 4.08. The lowest BCUT2D eigenvalue weighted by Gasteiger charge is -2.05. The number of aromatic nitrogens is 3. The molecule has 0 aliphatic carbocycles. The number of imidazole rings is 1. The van der Waals surface area contributed by atoms with E-state index >= 15 is 0 Å². The van der Waals surface area contributed by atoms with Crippen LogP contribution in [0.5, 0.6) is 0 Å². The van der Waals surface area contributed by atoms with Crippen molar-refractivity contribution in [1.29, 1.82) is 0 Å². The third kappa shape index (κ3) is 3.19. The van der Waals surface area contributed by atoms with Crippen molar-refractivity contribution < 1.29 is 4.79 Å². The normalized spacial score (nSPS) is 11.0. The molecule has 0 bridgehead atoms. The van der Waals surface area contributed by atoms with Crippen molar-refractivity contribution in [2.45, 2.75) is 19.4 Å². The van der Waals surface area contributed by atoms with Gasteiger partial charge >= 0.3 is 0 Å². The van der Waals surface area contributed by atoms with Gasteiger partial charge in [0.15, 0.2) is 0 Å². The molecular weight excluding hydrogens is 276 g/mol. The molecule has 5 nitrogen and oxygen atoms in total. The number of nitrogens with zero attached hydrogens (tertiary/aromatic N) is 3. The molecule has 0 radical (unpaired) electrons. The fraction of sp³-hybridized carbons (Fsp3) is 0.294. The van der Waals surface area contributed by atoms with E-state index in [4.69, 9.17) is 0 Å². The summed E-state index contributed by atoms with van der Waals surface area (Å²) in [7, 11) is 2.01. The van der Waals surface area contributed by atoms with Crippen LogP contribution in [0.1, 0.15) is 12.0 Å². The number of nitrogens with one attached hydrogen (secondary N) is 1. The van der Waals surface area contributed by atoms with Crippen LogP contribution in [-0.2, 0) is 24.8 Å². The molecule has 22 heavy (non-hydrogen) atoms. The van der Waals surface area contributed by atoms with Crippen LogP contribution in [0.15, 0.2) is 49.2 Å². The molecule has 0 spiro atoms. The van der Waals surface area contributed by atoms with Crippen LogP contribution < -0.4 is 5.32 Å². The zero-order valence-electron chi connectivity index (χ0n) is 12.7. The maximum atomic E-state index is 12.1. The summed E-state index contributed by atoms with van der Waals surface area (Å²) in [6, 6.07) is 8.16. The van der Waals surface area contributed by atoms with E-state index in [-0.39, 0.29) is 5.91 Å². The van der Waals surface area contributed by atoms with Crippen molar-refractivity contribution in [2.75, 3.05) is 6.54 Å². The van der Waals surface area contributed by atoms with Crippen molar-refractivity contribution in [3.05, 3.63) is 54.7 Å². The molecule has 3 aromatic rings. The van der Waals surface area contributed by atoms with Gasteiger partial charge in [-0.15, -0.1) is 0 Å². The van der Waals surface area contributed by atoms with Crippen molar-refractivity contribution in [3.8, 4) is 0 Å². The van der Waals surface area contributed by atoms with E-state index in [1.165, 1.54) is 0 Å². The fourth-order valence-corrected chi connectivity index (χ4v) is 2.71. The molecule has 0 unspecified atom stereocenters. The molecule has 1 amide bonds. The summed E-state index contributed by atoms with van der Waals surface area (Å²) in [6.45, 7) is 1.55. The molecule has 2 aromatic heterocycles. The maximum absolute atomic E-state index is 12.1. The van der Waals surface area contributed by atoms with Gasteiger partial charge in [0.1, 0.15) is 0 Å². The maximum Gasteiger partial charge on any atom is 0.224 e. The number of hydrogen-bond acceptors (Lipinski definition) is 2. The third-order valence-corrected chi connectivity index (χ3v) is 3.80. The standard InChI is InChI=1S/C17H20N4O/c1-20-12-14(15-5-2-3-6-16(15)20)11-17(22)19-7-4-9-21-10-8-18-13-21/h2-3,5-6,8,10,12-13H,4,7,9,11H2,1H3,(H,19,22). The first-order valence-electron chi connectivity index (χ1n) is 7.49. The number of hydrogen-bond donors (Lipinski definition) is 1. The van der Waals surface area contributed by atoms with Crippen LogP contribution in [0.4, 0.5) is 0 Å². The fourth-order valence-electron chi connectivity index (χ4n) is 2.71. The van der Waals surface area contributed by atoms with Crippen LogP contribution in [0.3, 0.4) is 0 Å². The van der Waals surface area contributed by atoms with Crippen LogP contribution in [0, 0.1) is 0 Å². The third-order valence-electron chi connectivity index (χ3n) is 3.80. The molecule has 0 saturated carbocycles. The van der Waals surface area contributed by atoms with Gasteiger partial charge in [-0.1, -0.05) is 18.2 Å². The van der Waals surface area contributed by atoms with Gasteiger partial charge in [-0.3, -0.25) is 4.79 Å². The van der Waals surface area contributed by atoms with E-state index in [9.17, 15) is 4.79 Å². The van der Waals surface area contributed by atoms with Crippen LogP contribution in [0.2, 0.25) is 0 Å². The Balaban J connectivity index is 1.52. The first-order valence-corrected chi connectivity index (χ1v) is 7.49. The average molecular weight is 296 g/mol. The lowest BCUT2D eigenvalue weighted by atomic mass is 10.1. The second-order valence-electron chi connectivity index (χ2n) is 5.46. The van der Waals surface area contributed by atoms with E-state index in [1.807, 2.05) is 36.1 Å². The average Bonchev–Trinajstić information content (AvgIpc) is 3.13. The Hall–Kier alpha value is -2.56. The number of carbonyl (C=O) groups is 1. The second-order valence-corrected chi connectivity index (χ2v) is 5.46. The molecule has 1 N–H and O–H groups in total. The summed E-state index contributed by atoms with van der Waals surface area (Å²) in [5, 5.41) is 4.14. The van der Waals surface area contributed by atoms with Crippen molar-refractivity contribution in [2.24, 2.45) is 7.05 Å². The van der Waals surface area contributed by atoms with E-state index in [1.54, 1.807) is 12.5 Å². The molecule has 5 heteroatoms. The minimum atomic E-state index is 0.0713. The summed E-state index contributed by atoms with van der Waals surface area (Å²) in [5.74, 6) is 0.0713. The van der Waals surface area contributed by atoms with Crippen molar-refractivity contribution in [1.82, 2.24) is 19.4 Å². The summed E-state index contributed by atoms with van der Waals surface area (Å²) in [6.07, 6.45) is 8.84. The summed E-state index contributed by atoms with van der Waals surface area (Å²) in [4.78, 5) is 16.1. The van der Waals surface area contributed by atoms with Crippen LogP contribution >= 0.6 is 0 Å². The quantitative estimate of drug-likeness (QED) is 0.708. The molecule has 0 aliphatic rings. The highest BCUT2D eigenvalue weighted by Gasteiger charge is 2.09. The second kappa shape index (κ2) is 6.47. The minimum Gasteiger partial charge on any atom is -0.356 e. The highest BCUT2D eigenvalue weighted by Crippen LogP contribution is 2.20. The highest BCUT2D eigenvalue weighted by atomic mass is 16.1. The molecule has 0 aliphatic heterocycles. The highest BCUT2D eigenvalue weighted by molar-refractivity contribution is 5.89. The predicted octanol–water partition coefficient (Wildman–Crippen LogP) is 2.12. The van der Waals surface area contributed by atoms with Gasteiger partial charge in [-0.25, -0.2) is 4.98 Å². The van der Waals surface area contributed by atoms with Gasteiger partial charge < -0.3 is 14.5 Å². The zero-order chi connectivity index (χ0) is 15.4. The molecule has 3 rings (SSSR count). The Bertz CT molecular complexity index is 758. The van der Waals surface area contributed by atoms with Gasteiger partial charge in [-0.05, 0) is 18.1 Å². The molecule has 2 heterocycles. The SMILES string of the molecule is Cn1cc(CC(=O)NCCCn2ccnc2)c2ccccc21. The summed E-state index contributed by atoms with van der Waals surface area (Å²) >= 11 is 0. The van der Waals surface area contributed by atoms with E-state index in [0.717, 1.165) is 29.4 Å². The lowest BCUT2D eigenvalue weighted by molar-refractivity contribution is -0.120. The van der Waals surface area contributed by atoms with Gasteiger partial charge in [0, 0.05) is 49.6 Å². The predicted molar refractivity (Wildman–Crippen MR) is 86.5 cm³/mol. The number of fused-ring (bicyclic) bond motifs is 1. The largest absolute Gasteiger partial charge is 0.356 e. The zero-order valence-corrected chi connectivity index (χ0v) is 12.7. The summed E-state index contributed by atoms with van der Waals surface area (Å²) in [5.41, 5.74) is 2.23. The number of aryl methyl sites for hydroxylation is 2. The van der Waals surface area contributed by atoms with Crippen LogP contribution in [0.25, 0.3) is 10.9 Å². The lowest BCUT2D eigenvalue weighted by Crippen LogP contribution is -2.26. The number of amides is 1. The van der Waals surface area contributed by atoms with Gasteiger partial charge in [0.25, 0.3) is 0 Å². The Morgan fingerprint density at radius 2 is 2.18 bits per heavy atom.